The lowest BCUT2D eigenvalue weighted by Crippen LogP contribution is -2.09. The summed E-state index contributed by atoms with van der Waals surface area (Å²) in [4.78, 5) is 9.85. The molecular formula is C6H8N2O2. The van der Waals surface area contributed by atoms with Crippen LogP contribution in [0, 0.1) is 6.92 Å². The van der Waals surface area contributed by atoms with Crippen LogP contribution >= 0.6 is 0 Å². The molecule has 0 saturated carbocycles. The summed E-state index contributed by atoms with van der Waals surface area (Å²) in [5, 5.41) is 6.05. The summed E-state index contributed by atoms with van der Waals surface area (Å²) >= 11 is 0. The molecule has 0 saturated heterocycles. The molecule has 0 fully saturated rings. The number of nitrogens with one attached hydrogen (secondary N) is 1. The van der Waals surface area contributed by atoms with Crippen molar-refractivity contribution >= 4 is 6.41 Å². The first-order chi connectivity index (χ1) is 4.84. The molecule has 0 aliphatic rings. The van der Waals surface area contributed by atoms with Gasteiger partial charge in [-0.25, -0.2) is 0 Å². The monoisotopic (exact) mass is 140 g/mol. The third-order valence-electron chi connectivity index (χ3n) is 1.23. The summed E-state index contributed by atoms with van der Waals surface area (Å²) in [7, 11) is 0. The lowest BCUT2D eigenvalue weighted by molar-refractivity contribution is -0.109. The van der Waals surface area contributed by atoms with Gasteiger partial charge in [-0.1, -0.05) is 5.16 Å². The van der Waals surface area contributed by atoms with Gasteiger partial charge in [-0.15, -0.1) is 0 Å². The van der Waals surface area contributed by atoms with E-state index in [0.717, 1.165) is 11.3 Å². The van der Waals surface area contributed by atoms with Crippen LogP contribution < -0.4 is 5.32 Å². The largest absolute Gasteiger partial charge is 0.361 e. The van der Waals surface area contributed by atoms with Crippen LogP contribution in [-0.2, 0) is 11.3 Å². The molecule has 0 aromatic carbocycles. The Labute approximate surface area is 58.2 Å². The molecule has 0 bridgehead atoms. The Hall–Kier alpha value is -1.32. The van der Waals surface area contributed by atoms with Gasteiger partial charge in [0.25, 0.3) is 0 Å². The van der Waals surface area contributed by atoms with E-state index in [4.69, 9.17) is 4.52 Å². The molecule has 1 amide bonds. The van der Waals surface area contributed by atoms with Crippen LogP contribution in [0.1, 0.15) is 11.3 Å². The van der Waals surface area contributed by atoms with Crippen molar-refractivity contribution in [2.45, 2.75) is 13.5 Å². The Balaban J connectivity index is 2.56. The van der Waals surface area contributed by atoms with Crippen LogP contribution in [0.4, 0.5) is 0 Å². The number of carbonyl (C=O) groups is 1. The maximum absolute atomic E-state index is 9.85. The third-order valence-corrected chi connectivity index (χ3v) is 1.23. The van der Waals surface area contributed by atoms with E-state index in [-0.39, 0.29) is 0 Å². The van der Waals surface area contributed by atoms with Crippen molar-refractivity contribution in [1.82, 2.24) is 10.5 Å². The van der Waals surface area contributed by atoms with Crippen LogP contribution in [-0.4, -0.2) is 11.6 Å². The summed E-state index contributed by atoms with van der Waals surface area (Å²) in [6.45, 7) is 2.29. The van der Waals surface area contributed by atoms with Gasteiger partial charge in [-0.05, 0) is 6.92 Å². The second-order valence-electron chi connectivity index (χ2n) is 1.91. The van der Waals surface area contributed by atoms with Crippen LogP contribution in [0.2, 0.25) is 0 Å². The van der Waals surface area contributed by atoms with E-state index in [0.29, 0.717) is 13.0 Å². The molecule has 1 rings (SSSR count). The Kier molecular flexibility index (Phi) is 2.04. The average molecular weight is 140 g/mol. The van der Waals surface area contributed by atoms with Crippen molar-refractivity contribution in [3.8, 4) is 0 Å². The molecule has 0 unspecified atom stereocenters. The molecule has 1 aromatic heterocycles. The maximum atomic E-state index is 9.85. The van der Waals surface area contributed by atoms with Gasteiger partial charge >= 0.3 is 0 Å². The van der Waals surface area contributed by atoms with E-state index in [1.54, 1.807) is 13.1 Å². The molecule has 1 aromatic rings. The van der Waals surface area contributed by atoms with Gasteiger partial charge in [0, 0.05) is 12.1 Å². The Morgan fingerprint density at radius 2 is 2.70 bits per heavy atom. The first kappa shape index (κ1) is 6.80. The molecule has 10 heavy (non-hydrogen) atoms. The van der Waals surface area contributed by atoms with Gasteiger partial charge in [0.2, 0.25) is 6.41 Å². The fraction of sp³-hybridized carbons (Fsp3) is 0.333. The van der Waals surface area contributed by atoms with Gasteiger partial charge in [0.15, 0.2) is 0 Å². The van der Waals surface area contributed by atoms with Gasteiger partial charge < -0.3 is 9.84 Å². The summed E-state index contributed by atoms with van der Waals surface area (Å²) < 4.78 is 4.76. The number of amides is 1. The smallest absolute Gasteiger partial charge is 0.207 e. The minimum atomic E-state index is 0.485. The minimum absolute atomic E-state index is 0.485. The van der Waals surface area contributed by atoms with Crippen molar-refractivity contribution in [2.24, 2.45) is 0 Å². The first-order valence-electron chi connectivity index (χ1n) is 2.92. The highest BCUT2D eigenvalue weighted by atomic mass is 16.5. The van der Waals surface area contributed by atoms with Gasteiger partial charge in [0.05, 0.1) is 6.20 Å². The lowest BCUT2D eigenvalue weighted by Gasteiger charge is -1.92. The summed E-state index contributed by atoms with van der Waals surface area (Å²) in [6.07, 6.45) is 2.23. The summed E-state index contributed by atoms with van der Waals surface area (Å²) in [6, 6.07) is 0. The minimum Gasteiger partial charge on any atom is -0.361 e. The standard InChI is InChI=1S/C6H8N2O2/c1-5-6(2-7-4-9)3-8-10-5/h3-4H,2H2,1H3,(H,7,9). The maximum Gasteiger partial charge on any atom is 0.207 e. The van der Waals surface area contributed by atoms with Gasteiger partial charge in [-0.3, -0.25) is 4.79 Å². The van der Waals surface area contributed by atoms with Crippen molar-refractivity contribution in [3.63, 3.8) is 0 Å². The van der Waals surface area contributed by atoms with E-state index < -0.39 is 0 Å². The highest BCUT2D eigenvalue weighted by Crippen LogP contribution is 2.03. The average Bonchev–Trinajstić information content (AvgIpc) is 2.31. The highest BCUT2D eigenvalue weighted by Gasteiger charge is 1.99. The molecule has 0 aliphatic heterocycles. The fourth-order valence-corrected chi connectivity index (χ4v) is 0.640. The molecule has 0 aliphatic carbocycles. The van der Waals surface area contributed by atoms with E-state index in [1.807, 2.05) is 0 Å². The number of nitrogens with zero attached hydrogens (tertiary/aromatic N) is 1. The normalized spacial score (nSPS) is 9.30. The second-order valence-corrected chi connectivity index (χ2v) is 1.91. The number of carbonyl (C=O) groups excluding carboxylic acids is 1. The predicted octanol–water partition coefficient (Wildman–Crippen LogP) is 0.229. The van der Waals surface area contributed by atoms with E-state index in [2.05, 4.69) is 10.5 Å². The van der Waals surface area contributed by atoms with E-state index in [1.165, 1.54) is 0 Å². The van der Waals surface area contributed by atoms with Gasteiger partial charge in [0.1, 0.15) is 5.76 Å². The molecule has 4 nitrogen and oxygen atoms in total. The highest BCUT2D eigenvalue weighted by molar-refractivity contribution is 5.46. The summed E-state index contributed by atoms with van der Waals surface area (Å²) in [5.41, 5.74) is 0.909. The molecular weight excluding hydrogens is 132 g/mol. The van der Waals surface area contributed by atoms with E-state index in [9.17, 15) is 4.79 Å². The molecule has 54 valence electrons. The van der Waals surface area contributed by atoms with Crippen LogP contribution in [0.25, 0.3) is 0 Å². The zero-order chi connectivity index (χ0) is 7.40. The van der Waals surface area contributed by atoms with E-state index >= 15 is 0 Å². The number of aryl methyl sites for hydroxylation is 1. The summed E-state index contributed by atoms with van der Waals surface area (Å²) in [5.74, 6) is 0.745. The molecule has 4 heteroatoms. The van der Waals surface area contributed by atoms with Crippen LogP contribution in [0.15, 0.2) is 10.7 Å². The molecule has 0 radical (unpaired) electrons. The molecule has 0 atom stereocenters. The van der Waals surface area contributed by atoms with Crippen LogP contribution in [0.3, 0.4) is 0 Å². The first-order valence-corrected chi connectivity index (χ1v) is 2.92. The number of aromatic nitrogens is 1. The lowest BCUT2D eigenvalue weighted by atomic mass is 10.3. The zero-order valence-corrected chi connectivity index (χ0v) is 5.63. The van der Waals surface area contributed by atoms with Crippen molar-refractivity contribution in [3.05, 3.63) is 17.5 Å². The third kappa shape index (κ3) is 1.34. The van der Waals surface area contributed by atoms with Crippen molar-refractivity contribution in [1.29, 1.82) is 0 Å². The Morgan fingerprint density at radius 3 is 3.20 bits per heavy atom. The Bertz CT molecular complexity index is 219. The molecule has 0 spiro atoms. The van der Waals surface area contributed by atoms with Crippen molar-refractivity contribution in [2.75, 3.05) is 0 Å². The second kappa shape index (κ2) is 3.00. The number of hydrogen-bond acceptors (Lipinski definition) is 3. The van der Waals surface area contributed by atoms with Crippen LogP contribution in [0.5, 0.6) is 0 Å². The SMILES string of the molecule is Cc1oncc1CNC=O. The predicted molar refractivity (Wildman–Crippen MR) is 34.1 cm³/mol. The van der Waals surface area contributed by atoms with Crippen molar-refractivity contribution < 1.29 is 9.32 Å². The number of hydrogen-bond donors (Lipinski definition) is 1. The Morgan fingerprint density at radius 1 is 1.90 bits per heavy atom. The fourth-order valence-electron chi connectivity index (χ4n) is 0.640. The topological polar surface area (TPSA) is 55.1 Å². The zero-order valence-electron chi connectivity index (χ0n) is 5.63. The molecule has 1 heterocycles. The quantitative estimate of drug-likeness (QED) is 0.611. The molecule has 1 N–H and O–H groups in total. The van der Waals surface area contributed by atoms with Gasteiger partial charge in [-0.2, -0.15) is 0 Å². The number of rotatable bonds is 3.